The zero-order valence-corrected chi connectivity index (χ0v) is 40.1. The van der Waals surface area contributed by atoms with Gasteiger partial charge in [-0.05, 0) is 52.6 Å². The van der Waals surface area contributed by atoms with Gasteiger partial charge in [0.05, 0.1) is 13.2 Å². The van der Waals surface area contributed by atoms with Gasteiger partial charge < -0.3 is 19.3 Å². The van der Waals surface area contributed by atoms with Gasteiger partial charge in [0.25, 0.3) is 0 Å². The summed E-state index contributed by atoms with van der Waals surface area (Å²) in [4.78, 5) is 37.2. The van der Waals surface area contributed by atoms with E-state index in [0.717, 1.165) is 32.1 Å². The lowest BCUT2D eigenvalue weighted by Gasteiger charge is -2.20. The summed E-state index contributed by atoms with van der Waals surface area (Å²) in [5.41, 5.74) is 0. The summed E-state index contributed by atoms with van der Waals surface area (Å²) < 4.78 is 33.6. The maximum Gasteiger partial charge on any atom is 0.472 e. The SMILES string of the molecule is CCCCCCCC/C=C\CCCCCCCCCCCCCC(=O)OCC(COP(=O)(O)OCCN(C)C)OC(=O)CCCCCCCCCCCCCCCCC. The second kappa shape index (κ2) is 44.8. The average molecular weight is 858 g/mol. The Morgan fingerprint density at radius 2 is 0.864 bits per heavy atom. The second-order valence-electron chi connectivity index (χ2n) is 17.4. The van der Waals surface area contributed by atoms with E-state index >= 15 is 0 Å². The molecule has 0 rings (SSSR count). The van der Waals surface area contributed by atoms with Gasteiger partial charge in [-0.25, -0.2) is 4.57 Å². The van der Waals surface area contributed by atoms with E-state index < -0.39 is 26.5 Å². The number of likely N-dealkylation sites (N-methyl/N-ethyl adjacent to an activating group) is 1. The first kappa shape index (κ1) is 57.8. The summed E-state index contributed by atoms with van der Waals surface area (Å²) in [5, 5.41) is 0. The third-order valence-corrected chi connectivity index (χ3v) is 12.1. The number of allylic oxidation sites excluding steroid dienone is 2. The predicted octanol–water partition coefficient (Wildman–Crippen LogP) is 14.8. The number of phosphoric acid groups is 1. The van der Waals surface area contributed by atoms with Crippen molar-refractivity contribution >= 4 is 19.8 Å². The fourth-order valence-electron chi connectivity index (χ4n) is 7.21. The second-order valence-corrected chi connectivity index (χ2v) is 18.8. The van der Waals surface area contributed by atoms with Crippen LogP contribution < -0.4 is 0 Å². The lowest BCUT2D eigenvalue weighted by atomic mass is 10.0. The molecule has 0 saturated heterocycles. The van der Waals surface area contributed by atoms with Crippen LogP contribution in [0.5, 0.6) is 0 Å². The molecule has 0 aliphatic carbocycles. The van der Waals surface area contributed by atoms with Gasteiger partial charge >= 0.3 is 19.8 Å². The van der Waals surface area contributed by atoms with Gasteiger partial charge in [-0.2, -0.15) is 0 Å². The molecule has 0 fully saturated rings. The van der Waals surface area contributed by atoms with Crippen LogP contribution in [-0.4, -0.2) is 68.3 Å². The summed E-state index contributed by atoms with van der Waals surface area (Å²) in [6.45, 7) is 4.37. The van der Waals surface area contributed by atoms with Crippen LogP contribution in [0.4, 0.5) is 0 Å². The minimum Gasteiger partial charge on any atom is -0.462 e. The Morgan fingerprint density at radius 3 is 1.25 bits per heavy atom. The number of carbonyl (C=O) groups excluding carboxylic acids is 2. The van der Waals surface area contributed by atoms with Crippen LogP contribution in [0.3, 0.4) is 0 Å². The lowest BCUT2D eigenvalue weighted by molar-refractivity contribution is -0.161. The lowest BCUT2D eigenvalue weighted by Crippen LogP contribution is -2.29. The molecule has 59 heavy (non-hydrogen) atoms. The van der Waals surface area contributed by atoms with Gasteiger partial charge in [-0.3, -0.25) is 18.6 Å². The number of rotatable bonds is 47. The molecular formula is C49H96NO8P. The Bertz CT molecular complexity index is 993. The summed E-state index contributed by atoms with van der Waals surface area (Å²) >= 11 is 0. The van der Waals surface area contributed by atoms with Crippen molar-refractivity contribution in [1.82, 2.24) is 4.90 Å². The van der Waals surface area contributed by atoms with Crippen molar-refractivity contribution in [3.05, 3.63) is 12.2 Å². The molecule has 0 amide bonds. The number of hydrogen-bond donors (Lipinski definition) is 1. The van der Waals surface area contributed by atoms with E-state index in [1.54, 1.807) is 0 Å². The molecule has 2 atom stereocenters. The van der Waals surface area contributed by atoms with E-state index in [2.05, 4.69) is 26.0 Å². The van der Waals surface area contributed by atoms with Gasteiger partial charge in [0.1, 0.15) is 6.61 Å². The van der Waals surface area contributed by atoms with Crippen molar-refractivity contribution < 1.29 is 37.6 Å². The molecule has 10 heteroatoms. The van der Waals surface area contributed by atoms with E-state index in [9.17, 15) is 19.0 Å². The maximum atomic E-state index is 12.7. The molecule has 350 valence electrons. The highest BCUT2D eigenvalue weighted by atomic mass is 31.2. The van der Waals surface area contributed by atoms with E-state index in [4.69, 9.17) is 18.5 Å². The number of ether oxygens (including phenoxy) is 2. The van der Waals surface area contributed by atoms with E-state index in [0.29, 0.717) is 19.4 Å². The zero-order valence-electron chi connectivity index (χ0n) is 39.2. The molecule has 1 N–H and O–H groups in total. The molecule has 0 bridgehead atoms. The fraction of sp³-hybridized carbons (Fsp3) is 0.918. The minimum atomic E-state index is -4.36. The van der Waals surface area contributed by atoms with Crippen molar-refractivity contribution in [2.75, 3.05) is 40.5 Å². The Hall–Kier alpha value is -1.25. The smallest absolute Gasteiger partial charge is 0.462 e. The van der Waals surface area contributed by atoms with Gasteiger partial charge in [0.15, 0.2) is 6.10 Å². The Labute approximate surface area is 364 Å². The first-order chi connectivity index (χ1) is 28.7. The van der Waals surface area contributed by atoms with E-state index in [-0.39, 0.29) is 25.6 Å². The van der Waals surface area contributed by atoms with Gasteiger partial charge in [0, 0.05) is 19.4 Å². The van der Waals surface area contributed by atoms with Crippen LogP contribution in [0.15, 0.2) is 12.2 Å². The molecule has 0 aromatic heterocycles. The Balaban J connectivity index is 4.14. The molecule has 9 nitrogen and oxygen atoms in total. The maximum absolute atomic E-state index is 12.7. The van der Waals surface area contributed by atoms with Crippen molar-refractivity contribution in [2.45, 2.75) is 251 Å². The number of esters is 2. The summed E-state index contributed by atoms with van der Waals surface area (Å²) in [5.74, 6) is -0.788. The summed E-state index contributed by atoms with van der Waals surface area (Å²) in [6.07, 6.45) is 46.9. The highest BCUT2D eigenvalue weighted by molar-refractivity contribution is 7.47. The number of carbonyl (C=O) groups is 2. The topological polar surface area (TPSA) is 112 Å². The first-order valence-electron chi connectivity index (χ1n) is 25.0. The van der Waals surface area contributed by atoms with Gasteiger partial charge in [0.2, 0.25) is 0 Å². The summed E-state index contributed by atoms with van der Waals surface area (Å²) in [6, 6.07) is 0. The molecule has 0 spiro atoms. The number of hydrogen-bond acceptors (Lipinski definition) is 8. The summed E-state index contributed by atoms with van der Waals surface area (Å²) in [7, 11) is -0.700. The van der Waals surface area contributed by atoms with Gasteiger partial charge in [-0.15, -0.1) is 0 Å². The van der Waals surface area contributed by atoms with Crippen LogP contribution >= 0.6 is 7.82 Å². The molecule has 0 aromatic rings. The largest absolute Gasteiger partial charge is 0.472 e. The quantitative estimate of drug-likeness (QED) is 0.0277. The molecule has 0 radical (unpaired) electrons. The molecular weight excluding hydrogens is 762 g/mol. The van der Waals surface area contributed by atoms with Crippen molar-refractivity contribution in [2.24, 2.45) is 0 Å². The van der Waals surface area contributed by atoms with Crippen LogP contribution in [0.1, 0.15) is 245 Å². The van der Waals surface area contributed by atoms with Crippen molar-refractivity contribution in [3.63, 3.8) is 0 Å². The molecule has 0 aromatic carbocycles. The Morgan fingerprint density at radius 1 is 0.508 bits per heavy atom. The van der Waals surface area contributed by atoms with Crippen LogP contribution in [0.25, 0.3) is 0 Å². The molecule has 0 aliphatic rings. The number of phosphoric ester groups is 1. The predicted molar refractivity (Wildman–Crippen MR) is 248 cm³/mol. The minimum absolute atomic E-state index is 0.0110. The monoisotopic (exact) mass is 858 g/mol. The van der Waals surface area contributed by atoms with Crippen molar-refractivity contribution in [3.8, 4) is 0 Å². The van der Waals surface area contributed by atoms with E-state index in [1.807, 2.05) is 19.0 Å². The van der Waals surface area contributed by atoms with E-state index in [1.165, 1.54) is 180 Å². The first-order valence-corrected chi connectivity index (χ1v) is 26.5. The van der Waals surface area contributed by atoms with Gasteiger partial charge in [-0.1, -0.05) is 206 Å². The normalized spacial score (nSPS) is 13.3. The third-order valence-electron chi connectivity index (χ3n) is 11.1. The standard InChI is InChI=1S/C49H96NO8P/c1-5-7-9-11-13-15-17-19-21-22-23-24-25-26-28-29-31-33-35-37-39-41-48(51)55-45-47(46-57-59(53,54)56-44-43-50(3)4)58-49(52)42-40-38-36-34-32-30-27-20-18-16-14-12-10-8-6-2/h19,21,47H,5-18,20,22-46H2,1-4H3,(H,53,54)/b21-19-. The molecule has 0 heterocycles. The third kappa shape index (κ3) is 46.1. The zero-order chi connectivity index (χ0) is 43.3. The average Bonchev–Trinajstić information content (AvgIpc) is 3.20. The molecule has 2 unspecified atom stereocenters. The molecule has 0 saturated carbocycles. The van der Waals surface area contributed by atoms with Crippen molar-refractivity contribution in [1.29, 1.82) is 0 Å². The number of nitrogens with zero attached hydrogens (tertiary/aromatic N) is 1. The highest BCUT2D eigenvalue weighted by Crippen LogP contribution is 2.43. The van der Waals surface area contributed by atoms with Crippen LogP contribution in [-0.2, 0) is 32.7 Å². The van der Waals surface area contributed by atoms with Crippen LogP contribution in [0.2, 0.25) is 0 Å². The number of unbranched alkanes of at least 4 members (excludes halogenated alkanes) is 31. The van der Waals surface area contributed by atoms with Crippen LogP contribution in [0, 0.1) is 0 Å². The molecule has 0 aliphatic heterocycles. The Kier molecular flexibility index (Phi) is 43.8. The highest BCUT2D eigenvalue weighted by Gasteiger charge is 2.26. The fourth-order valence-corrected chi connectivity index (χ4v) is 7.96.